The fourth-order valence-electron chi connectivity index (χ4n) is 3.93. The second-order valence-electron chi connectivity index (χ2n) is 7.99. The summed E-state index contributed by atoms with van der Waals surface area (Å²) < 4.78 is 44.1. The molecule has 2 aromatic carbocycles. The number of carbonyl (C=O) groups is 1. The number of aliphatic imine (C=N–C) groups is 1. The molecule has 1 aliphatic heterocycles. The maximum atomic E-state index is 14.5. The first kappa shape index (κ1) is 24.6. The smallest absolute Gasteiger partial charge is 0.309 e. The van der Waals surface area contributed by atoms with Crippen LogP contribution >= 0.6 is 11.6 Å². The van der Waals surface area contributed by atoms with Crippen LogP contribution in [0.3, 0.4) is 0 Å². The Kier molecular flexibility index (Phi) is 6.52. The van der Waals surface area contributed by atoms with Crippen molar-refractivity contribution >= 4 is 33.6 Å². The maximum absolute atomic E-state index is 14.5. The van der Waals surface area contributed by atoms with Gasteiger partial charge in [-0.15, -0.1) is 0 Å². The minimum Gasteiger partial charge on any atom is -0.382 e. The lowest BCUT2D eigenvalue weighted by Gasteiger charge is -2.27. The molecule has 8 nitrogen and oxygen atoms in total. The average molecular weight is 517 g/mol. The number of pyridine rings is 1. The summed E-state index contributed by atoms with van der Waals surface area (Å²) in [5, 5.41) is 0.249. The van der Waals surface area contributed by atoms with Crippen LogP contribution < -0.4 is 9.92 Å². The third-order valence-electron chi connectivity index (χ3n) is 5.57. The molecule has 1 aromatic heterocycles. The number of hydrogen-bond donors (Lipinski definition) is 1. The van der Waals surface area contributed by atoms with Crippen LogP contribution in [0.1, 0.15) is 24.5 Å². The van der Waals surface area contributed by atoms with E-state index >= 15 is 0 Å². The highest BCUT2D eigenvalue weighted by Crippen LogP contribution is 2.41. The van der Waals surface area contributed by atoms with E-state index in [9.17, 15) is 17.6 Å². The minimum absolute atomic E-state index is 0.0269. The molecular formula is C24H22ClFN4O4S. The molecule has 182 valence electrons. The lowest BCUT2D eigenvalue weighted by Crippen LogP contribution is -2.41. The second kappa shape index (κ2) is 9.27. The molecule has 0 aliphatic carbocycles. The summed E-state index contributed by atoms with van der Waals surface area (Å²) in [5.41, 5.74) is 5.67. The number of carbonyl (C=O) groups excluding carboxylic acids is 1. The van der Waals surface area contributed by atoms with Crippen molar-refractivity contribution in [2.45, 2.75) is 18.9 Å². The summed E-state index contributed by atoms with van der Waals surface area (Å²) in [7, 11) is -2.33. The molecule has 0 radical (unpaired) electrons. The lowest BCUT2D eigenvalue weighted by molar-refractivity contribution is -0.129. The van der Waals surface area contributed by atoms with Gasteiger partial charge in [0.2, 0.25) is 5.95 Å². The maximum Gasteiger partial charge on any atom is 0.309 e. The fraction of sp³-hybridized carbons (Fsp3) is 0.208. The van der Waals surface area contributed by atoms with Crippen molar-refractivity contribution in [1.29, 1.82) is 0 Å². The van der Waals surface area contributed by atoms with Crippen LogP contribution in [0.25, 0.3) is 11.1 Å². The van der Waals surface area contributed by atoms with Gasteiger partial charge < -0.3 is 9.92 Å². The van der Waals surface area contributed by atoms with Crippen molar-refractivity contribution in [2.24, 2.45) is 10.7 Å². The quantitative estimate of drug-likeness (QED) is 0.378. The van der Waals surface area contributed by atoms with Crippen molar-refractivity contribution in [1.82, 2.24) is 9.88 Å². The van der Waals surface area contributed by atoms with E-state index in [4.69, 9.17) is 21.5 Å². The molecule has 0 bridgehead atoms. The van der Waals surface area contributed by atoms with Gasteiger partial charge in [0.1, 0.15) is 5.75 Å². The van der Waals surface area contributed by atoms with E-state index in [2.05, 4.69) is 9.98 Å². The van der Waals surface area contributed by atoms with Crippen LogP contribution in [0, 0.1) is 5.95 Å². The van der Waals surface area contributed by atoms with E-state index in [1.807, 2.05) is 0 Å². The van der Waals surface area contributed by atoms with Gasteiger partial charge in [-0.25, -0.2) is 9.98 Å². The van der Waals surface area contributed by atoms with Crippen LogP contribution in [0.15, 0.2) is 65.8 Å². The van der Waals surface area contributed by atoms with Gasteiger partial charge in [-0.05, 0) is 47.4 Å². The Hall–Kier alpha value is -3.50. The van der Waals surface area contributed by atoms with Gasteiger partial charge in [-0.3, -0.25) is 9.69 Å². The molecule has 0 spiro atoms. The Morgan fingerprint density at radius 3 is 2.49 bits per heavy atom. The molecule has 1 amide bonds. The van der Waals surface area contributed by atoms with Crippen LogP contribution in [0.5, 0.6) is 5.75 Å². The number of benzene rings is 2. The molecular weight excluding hydrogens is 495 g/mol. The van der Waals surface area contributed by atoms with Gasteiger partial charge in [0, 0.05) is 18.8 Å². The molecule has 1 aliphatic rings. The zero-order chi connectivity index (χ0) is 25.4. The summed E-state index contributed by atoms with van der Waals surface area (Å²) in [6, 6.07) is 14.1. The lowest BCUT2D eigenvalue weighted by atomic mass is 9.81. The highest BCUT2D eigenvalue weighted by atomic mass is 35.5. The predicted octanol–water partition coefficient (Wildman–Crippen LogP) is 3.69. The monoisotopic (exact) mass is 516 g/mol. The number of amides is 1. The Labute approximate surface area is 207 Å². The van der Waals surface area contributed by atoms with E-state index in [0.717, 1.165) is 0 Å². The normalized spacial score (nSPS) is 18.0. The summed E-state index contributed by atoms with van der Waals surface area (Å²) >= 11 is 6.02. The summed E-state index contributed by atoms with van der Waals surface area (Å²) in [4.78, 5) is 22.9. The van der Waals surface area contributed by atoms with Crippen LogP contribution in [-0.4, -0.2) is 43.0 Å². The number of halogens is 2. The summed E-state index contributed by atoms with van der Waals surface area (Å²) in [6.07, 6.45) is 1.59. The number of hydrogen-bond acceptors (Lipinski definition) is 7. The zero-order valence-electron chi connectivity index (χ0n) is 18.9. The summed E-state index contributed by atoms with van der Waals surface area (Å²) in [5.74, 6) is -1.34. The molecule has 3 aromatic rings. The Morgan fingerprint density at radius 2 is 1.83 bits per heavy atom. The Balaban J connectivity index is 1.89. The van der Waals surface area contributed by atoms with Gasteiger partial charge in [0.25, 0.3) is 5.91 Å². The predicted molar refractivity (Wildman–Crippen MR) is 131 cm³/mol. The number of rotatable bonds is 7. The average Bonchev–Trinajstić information content (AvgIpc) is 3.05. The minimum atomic E-state index is -3.81. The van der Waals surface area contributed by atoms with Crippen LogP contribution in [0.4, 0.5) is 4.39 Å². The van der Waals surface area contributed by atoms with E-state index in [1.54, 1.807) is 43.3 Å². The van der Waals surface area contributed by atoms with E-state index in [1.165, 1.54) is 36.3 Å². The number of nitrogens with zero attached hydrogens (tertiary/aromatic N) is 3. The topological polar surface area (TPSA) is 115 Å². The summed E-state index contributed by atoms with van der Waals surface area (Å²) in [6.45, 7) is 1.72. The van der Waals surface area contributed by atoms with Gasteiger partial charge >= 0.3 is 10.1 Å². The molecule has 1 atom stereocenters. The number of likely N-dealkylation sites (N-methyl/N-ethyl adjacent to an activating group) is 1. The molecule has 4 rings (SSSR count). The first-order valence-electron chi connectivity index (χ1n) is 10.7. The van der Waals surface area contributed by atoms with Gasteiger partial charge in [0.05, 0.1) is 10.8 Å². The first-order valence-corrected chi connectivity index (χ1v) is 12.6. The standard InChI is InChI=1S/C24H22ClFN4O4S/c1-3-10-35(32,33)34-19-9-5-8-17(12-19)24(22(31)30(2)23(27)29-24)16-7-4-6-15(11-16)20-13-18(25)14-28-21(20)26/h4-9,11-14H,3,10H2,1-2H3,(H2,27,29). The van der Waals surface area contributed by atoms with E-state index in [0.29, 0.717) is 23.1 Å². The molecule has 35 heavy (non-hydrogen) atoms. The Morgan fingerprint density at radius 1 is 1.14 bits per heavy atom. The van der Waals surface area contributed by atoms with Gasteiger partial charge in [-0.2, -0.15) is 12.8 Å². The van der Waals surface area contributed by atoms with Crippen molar-refractivity contribution < 1.29 is 21.8 Å². The third-order valence-corrected chi connectivity index (χ3v) is 7.13. The van der Waals surface area contributed by atoms with Crippen molar-refractivity contribution in [3.8, 4) is 16.9 Å². The van der Waals surface area contributed by atoms with Crippen molar-refractivity contribution in [2.75, 3.05) is 12.8 Å². The number of guanidine groups is 1. The molecule has 2 N–H and O–H groups in total. The van der Waals surface area contributed by atoms with Crippen LogP contribution in [-0.2, 0) is 20.5 Å². The van der Waals surface area contributed by atoms with E-state index < -0.39 is 27.5 Å². The van der Waals surface area contributed by atoms with Crippen LogP contribution in [0.2, 0.25) is 5.02 Å². The molecule has 2 heterocycles. The largest absolute Gasteiger partial charge is 0.382 e. The highest BCUT2D eigenvalue weighted by Gasteiger charge is 2.49. The van der Waals surface area contributed by atoms with E-state index in [-0.39, 0.29) is 28.0 Å². The fourth-order valence-corrected chi connectivity index (χ4v) is 5.07. The van der Waals surface area contributed by atoms with Gasteiger partial charge in [0.15, 0.2) is 11.5 Å². The van der Waals surface area contributed by atoms with Crippen molar-refractivity contribution in [3.05, 3.63) is 82.9 Å². The third kappa shape index (κ3) is 4.59. The van der Waals surface area contributed by atoms with Gasteiger partial charge in [-0.1, -0.05) is 48.9 Å². The SMILES string of the molecule is CCCS(=O)(=O)Oc1cccc(C2(c3cccc(-c4cc(Cl)cnc4F)c3)N=C(N)N(C)C2=O)c1. The second-order valence-corrected chi connectivity index (χ2v) is 10.1. The number of aromatic nitrogens is 1. The first-order chi connectivity index (χ1) is 16.6. The molecule has 0 fully saturated rings. The molecule has 0 saturated heterocycles. The zero-order valence-corrected chi connectivity index (χ0v) is 20.5. The Bertz CT molecular complexity index is 1450. The molecule has 11 heteroatoms. The molecule has 0 saturated carbocycles. The number of nitrogens with two attached hydrogens (primary N) is 1. The molecule has 1 unspecified atom stereocenters. The highest BCUT2D eigenvalue weighted by molar-refractivity contribution is 7.87. The van der Waals surface area contributed by atoms with Crippen molar-refractivity contribution in [3.63, 3.8) is 0 Å².